The molecule has 13 heavy (non-hydrogen) atoms. The molecule has 0 radical (unpaired) electrons. The first-order chi connectivity index (χ1) is 6.22. The van der Waals surface area contributed by atoms with E-state index in [9.17, 15) is 0 Å². The zero-order chi connectivity index (χ0) is 9.42. The van der Waals surface area contributed by atoms with Crippen LogP contribution in [0.4, 0.5) is 0 Å². The molecule has 76 valence electrons. The summed E-state index contributed by atoms with van der Waals surface area (Å²) in [6, 6.07) is 1.54. The molecule has 2 aliphatic rings. The molecule has 2 heteroatoms. The molecule has 2 nitrogen and oxygen atoms in total. The van der Waals surface area contributed by atoms with Crippen molar-refractivity contribution >= 4 is 0 Å². The molecular formula is C11H22N2. The molecule has 1 saturated carbocycles. The molecule has 2 fully saturated rings. The minimum atomic E-state index is 0.739. The quantitative estimate of drug-likeness (QED) is 0.693. The summed E-state index contributed by atoms with van der Waals surface area (Å²) in [4.78, 5) is 2.64. The van der Waals surface area contributed by atoms with E-state index in [1.807, 2.05) is 0 Å². The number of rotatable bonds is 2. The first kappa shape index (κ1) is 9.47. The van der Waals surface area contributed by atoms with Crippen molar-refractivity contribution in [2.24, 2.45) is 11.8 Å². The van der Waals surface area contributed by atoms with Gasteiger partial charge < -0.3 is 10.2 Å². The van der Waals surface area contributed by atoms with E-state index in [1.54, 1.807) is 0 Å². The van der Waals surface area contributed by atoms with Crippen molar-refractivity contribution in [3.8, 4) is 0 Å². The van der Waals surface area contributed by atoms with Crippen LogP contribution in [0.15, 0.2) is 0 Å². The molecule has 2 rings (SSSR count). The van der Waals surface area contributed by atoms with E-state index in [0.717, 1.165) is 23.9 Å². The van der Waals surface area contributed by atoms with Crippen LogP contribution in [-0.4, -0.2) is 37.1 Å². The maximum Gasteiger partial charge on any atom is 0.0108 e. The van der Waals surface area contributed by atoms with Crippen molar-refractivity contribution in [1.29, 1.82) is 0 Å². The van der Waals surface area contributed by atoms with E-state index in [4.69, 9.17) is 0 Å². The van der Waals surface area contributed by atoms with Crippen LogP contribution in [0.3, 0.4) is 0 Å². The van der Waals surface area contributed by atoms with Crippen molar-refractivity contribution in [2.75, 3.05) is 20.1 Å². The molecule has 0 aromatic carbocycles. The summed E-state index contributed by atoms with van der Waals surface area (Å²) in [6.45, 7) is 7.30. The number of hydrogen-bond donors (Lipinski definition) is 1. The van der Waals surface area contributed by atoms with Crippen LogP contribution in [0.2, 0.25) is 0 Å². The van der Waals surface area contributed by atoms with Crippen molar-refractivity contribution in [3.63, 3.8) is 0 Å². The number of nitrogens with zero attached hydrogens (tertiary/aromatic N) is 1. The summed E-state index contributed by atoms with van der Waals surface area (Å²) in [6.07, 6.45) is 2.84. The van der Waals surface area contributed by atoms with Crippen LogP contribution in [0, 0.1) is 11.8 Å². The zero-order valence-electron chi connectivity index (χ0n) is 9.09. The Bertz CT molecular complexity index is 179. The monoisotopic (exact) mass is 182 g/mol. The highest BCUT2D eigenvalue weighted by atomic mass is 15.2. The second kappa shape index (κ2) is 3.58. The lowest BCUT2D eigenvalue weighted by molar-refractivity contribution is 0.247. The first-order valence-electron chi connectivity index (χ1n) is 5.63. The largest absolute Gasteiger partial charge is 0.317 e. The Morgan fingerprint density at radius 2 is 2.00 bits per heavy atom. The topological polar surface area (TPSA) is 15.3 Å². The molecule has 1 N–H and O–H groups in total. The van der Waals surface area contributed by atoms with Gasteiger partial charge >= 0.3 is 0 Å². The standard InChI is InChI=1S/C11H22N2/c1-8(2)13-6-9-4-5-11(12-3)10(9)7-13/h8-12H,4-7H2,1-3H3. The van der Waals surface area contributed by atoms with Gasteiger partial charge in [0, 0.05) is 25.2 Å². The Morgan fingerprint density at radius 1 is 1.23 bits per heavy atom. The maximum atomic E-state index is 3.47. The lowest BCUT2D eigenvalue weighted by Crippen LogP contribution is -2.35. The zero-order valence-corrected chi connectivity index (χ0v) is 9.09. The van der Waals surface area contributed by atoms with Crippen LogP contribution in [0.1, 0.15) is 26.7 Å². The summed E-state index contributed by atoms with van der Waals surface area (Å²) < 4.78 is 0. The Kier molecular flexibility index (Phi) is 2.61. The Balaban J connectivity index is 1.97. The van der Waals surface area contributed by atoms with Gasteiger partial charge in [-0.05, 0) is 45.6 Å². The van der Waals surface area contributed by atoms with Gasteiger partial charge in [0.05, 0.1) is 0 Å². The third-order valence-electron chi connectivity index (χ3n) is 3.99. The summed E-state index contributed by atoms with van der Waals surface area (Å²) in [5.41, 5.74) is 0. The fraction of sp³-hybridized carbons (Fsp3) is 1.00. The van der Waals surface area contributed by atoms with Gasteiger partial charge in [-0.15, -0.1) is 0 Å². The van der Waals surface area contributed by atoms with Gasteiger partial charge in [-0.3, -0.25) is 0 Å². The SMILES string of the molecule is CNC1CCC2CN(C(C)C)CC21. The average Bonchev–Trinajstić information content (AvgIpc) is 2.60. The first-order valence-corrected chi connectivity index (χ1v) is 5.63. The maximum absolute atomic E-state index is 3.47. The normalized spacial score (nSPS) is 40.2. The highest BCUT2D eigenvalue weighted by molar-refractivity contribution is 4.97. The summed E-state index contributed by atoms with van der Waals surface area (Å²) in [7, 11) is 2.12. The molecule has 0 bridgehead atoms. The molecule has 1 heterocycles. The molecule has 0 aromatic rings. The highest BCUT2D eigenvalue weighted by Crippen LogP contribution is 2.38. The van der Waals surface area contributed by atoms with Crippen LogP contribution in [0.5, 0.6) is 0 Å². The molecule has 0 aromatic heterocycles. The second-order valence-electron chi connectivity index (χ2n) is 4.94. The van der Waals surface area contributed by atoms with E-state index in [2.05, 4.69) is 31.1 Å². The van der Waals surface area contributed by atoms with Crippen LogP contribution >= 0.6 is 0 Å². The molecule has 3 atom stereocenters. The Labute approximate surface area is 81.7 Å². The molecule has 0 spiro atoms. The van der Waals surface area contributed by atoms with E-state index in [0.29, 0.717) is 0 Å². The van der Waals surface area contributed by atoms with Gasteiger partial charge in [-0.25, -0.2) is 0 Å². The molecule has 1 aliphatic heterocycles. The minimum Gasteiger partial charge on any atom is -0.317 e. The Morgan fingerprint density at radius 3 is 2.62 bits per heavy atom. The molecule has 3 unspecified atom stereocenters. The number of hydrogen-bond acceptors (Lipinski definition) is 2. The summed E-state index contributed by atoms with van der Waals surface area (Å²) in [5, 5.41) is 3.47. The van der Waals surface area contributed by atoms with E-state index >= 15 is 0 Å². The lowest BCUT2D eigenvalue weighted by Gasteiger charge is -2.23. The van der Waals surface area contributed by atoms with Crippen molar-refractivity contribution in [1.82, 2.24) is 10.2 Å². The summed E-state index contributed by atoms with van der Waals surface area (Å²) >= 11 is 0. The summed E-state index contributed by atoms with van der Waals surface area (Å²) in [5.74, 6) is 1.92. The van der Waals surface area contributed by atoms with Gasteiger partial charge in [0.1, 0.15) is 0 Å². The van der Waals surface area contributed by atoms with Gasteiger partial charge in [-0.1, -0.05) is 0 Å². The average molecular weight is 182 g/mol. The van der Waals surface area contributed by atoms with Crippen molar-refractivity contribution < 1.29 is 0 Å². The number of nitrogens with one attached hydrogen (secondary N) is 1. The van der Waals surface area contributed by atoms with Gasteiger partial charge in [0.25, 0.3) is 0 Å². The van der Waals surface area contributed by atoms with Gasteiger partial charge in [-0.2, -0.15) is 0 Å². The predicted octanol–water partition coefficient (Wildman–Crippen LogP) is 1.32. The fourth-order valence-corrected chi connectivity index (χ4v) is 3.08. The van der Waals surface area contributed by atoms with E-state index < -0.39 is 0 Å². The molecular weight excluding hydrogens is 160 g/mol. The predicted molar refractivity (Wildman–Crippen MR) is 55.8 cm³/mol. The second-order valence-corrected chi connectivity index (χ2v) is 4.94. The number of fused-ring (bicyclic) bond motifs is 1. The van der Waals surface area contributed by atoms with E-state index in [-0.39, 0.29) is 0 Å². The van der Waals surface area contributed by atoms with Crippen LogP contribution in [0.25, 0.3) is 0 Å². The molecule has 1 aliphatic carbocycles. The lowest BCUT2D eigenvalue weighted by atomic mass is 9.98. The minimum absolute atomic E-state index is 0.739. The van der Waals surface area contributed by atoms with Crippen LogP contribution in [-0.2, 0) is 0 Å². The van der Waals surface area contributed by atoms with Crippen LogP contribution < -0.4 is 5.32 Å². The number of likely N-dealkylation sites (tertiary alicyclic amines) is 1. The molecule has 1 saturated heterocycles. The third kappa shape index (κ3) is 1.62. The van der Waals surface area contributed by atoms with Gasteiger partial charge in [0.2, 0.25) is 0 Å². The molecule has 0 amide bonds. The van der Waals surface area contributed by atoms with E-state index in [1.165, 1.54) is 25.9 Å². The smallest absolute Gasteiger partial charge is 0.0108 e. The third-order valence-corrected chi connectivity index (χ3v) is 3.99. The highest BCUT2D eigenvalue weighted by Gasteiger charge is 2.42. The van der Waals surface area contributed by atoms with Gasteiger partial charge in [0.15, 0.2) is 0 Å². The Hall–Kier alpha value is -0.0800. The fourth-order valence-electron chi connectivity index (χ4n) is 3.08. The van der Waals surface area contributed by atoms with Crippen molar-refractivity contribution in [2.45, 2.75) is 38.8 Å². The van der Waals surface area contributed by atoms with Crippen molar-refractivity contribution in [3.05, 3.63) is 0 Å².